The highest BCUT2D eigenvalue weighted by Crippen LogP contribution is 2.02. The summed E-state index contributed by atoms with van der Waals surface area (Å²) in [6.07, 6.45) is 0.422. The van der Waals surface area contributed by atoms with Gasteiger partial charge in [0.2, 0.25) is 0 Å². The van der Waals surface area contributed by atoms with E-state index in [1.165, 1.54) is 0 Å². The SMILES string of the molecule is CC(C)C[C@H](N)C(=O)C(=O)O. The van der Waals surface area contributed by atoms with Crippen LogP contribution in [0.4, 0.5) is 0 Å². The number of carboxylic acid groups (broad SMARTS) is 1. The number of nitrogens with two attached hydrogens (primary N) is 1. The summed E-state index contributed by atoms with van der Waals surface area (Å²) in [5.41, 5.74) is 5.29. The molecule has 0 saturated carbocycles. The third-order valence-electron chi connectivity index (χ3n) is 1.27. The number of Topliss-reactive ketones (excluding diaryl/α,β-unsaturated/α-hetero) is 1. The Morgan fingerprint density at radius 2 is 1.91 bits per heavy atom. The van der Waals surface area contributed by atoms with E-state index < -0.39 is 17.8 Å². The highest BCUT2D eigenvalue weighted by Gasteiger charge is 2.21. The second kappa shape index (κ2) is 4.08. The minimum atomic E-state index is -1.45. The number of rotatable bonds is 4. The van der Waals surface area contributed by atoms with Crippen LogP contribution in [0.3, 0.4) is 0 Å². The topological polar surface area (TPSA) is 80.4 Å². The fourth-order valence-electron chi connectivity index (χ4n) is 0.774. The van der Waals surface area contributed by atoms with E-state index in [2.05, 4.69) is 0 Å². The lowest BCUT2D eigenvalue weighted by atomic mass is 10.0. The first-order valence-electron chi connectivity index (χ1n) is 3.48. The Kier molecular flexibility index (Phi) is 3.74. The molecule has 4 heteroatoms. The Labute approximate surface area is 65.4 Å². The molecule has 0 aliphatic rings. The first-order chi connectivity index (χ1) is 4.95. The summed E-state index contributed by atoms with van der Waals surface area (Å²) in [6.45, 7) is 3.77. The van der Waals surface area contributed by atoms with E-state index in [-0.39, 0.29) is 5.92 Å². The Morgan fingerprint density at radius 3 is 2.18 bits per heavy atom. The van der Waals surface area contributed by atoms with Crippen molar-refractivity contribution < 1.29 is 14.7 Å². The molecule has 0 spiro atoms. The molecule has 1 atom stereocenters. The molecule has 0 amide bonds. The van der Waals surface area contributed by atoms with Gasteiger partial charge in [0.15, 0.2) is 0 Å². The van der Waals surface area contributed by atoms with Gasteiger partial charge in [0, 0.05) is 0 Å². The average molecular weight is 159 g/mol. The van der Waals surface area contributed by atoms with E-state index in [0.717, 1.165) is 0 Å². The minimum absolute atomic E-state index is 0.244. The van der Waals surface area contributed by atoms with Crippen LogP contribution in [-0.2, 0) is 9.59 Å². The third kappa shape index (κ3) is 3.72. The Hall–Kier alpha value is -0.900. The van der Waals surface area contributed by atoms with Crippen LogP contribution in [0, 0.1) is 5.92 Å². The molecule has 0 unspecified atom stereocenters. The number of ketones is 1. The Balaban J connectivity index is 3.93. The first-order valence-corrected chi connectivity index (χ1v) is 3.48. The summed E-state index contributed by atoms with van der Waals surface area (Å²) < 4.78 is 0. The van der Waals surface area contributed by atoms with Gasteiger partial charge < -0.3 is 10.8 Å². The predicted molar refractivity (Wildman–Crippen MR) is 40.1 cm³/mol. The van der Waals surface area contributed by atoms with Crippen molar-refractivity contribution in [3.05, 3.63) is 0 Å². The normalized spacial score (nSPS) is 13.1. The van der Waals surface area contributed by atoms with Crippen molar-refractivity contribution in [1.29, 1.82) is 0 Å². The monoisotopic (exact) mass is 159 g/mol. The number of carbonyl (C=O) groups excluding carboxylic acids is 1. The molecule has 0 aromatic carbocycles. The third-order valence-corrected chi connectivity index (χ3v) is 1.27. The lowest BCUT2D eigenvalue weighted by Crippen LogP contribution is -2.36. The van der Waals surface area contributed by atoms with Crippen molar-refractivity contribution in [1.82, 2.24) is 0 Å². The molecule has 4 nitrogen and oxygen atoms in total. The van der Waals surface area contributed by atoms with Crippen LogP contribution in [0.25, 0.3) is 0 Å². The van der Waals surface area contributed by atoms with E-state index in [0.29, 0.717) is 6.42 Å². The Morgan fingerprint density at radius 1 is 1.45 bits per heavy atom. The lowest BCUT2D eigenvalue weighted by molar-refractivity contribution is -0.149. The molecule has 0 radical (unpaired) electrons. The zero-order valence-electron chi connectivity index (χ0n) is 6.70. The molecule has 0 aliphatic heterocycles. The zero-order chi connectivity index (χ0) is 9.02. The van der Waals surface area contributed by atoms with E-state index in [9.17, 15) is 9.59 Å². The molecule has 0 aromatic heterocycles. The van der Waals surface area contributed by atoms with Crippen LogP contribution in [0.1, 0.15) is 20.3 Å². The largest absolute Gasteiger partial charge is 0.475 e. The molecule has 0 bridgehead atoms. The lowest BCUT2D eigenvalue weighted by Gasteiger charge is -2.09. The molecule has 0 fully saturated rings. The van der Waals surface area contributed by atoms with Gasteiger partial charge >= 0.3 is 5.97 Å². The summed E-state index contributed by atoms with van der Waals surface area (Å²) in [4.78, 5) is 20.7. The summed E-state index contributed by atoms with van der Waals surface area (Å²) in [5.74, 6) is -2.11. The first kappa shape index (κ1) is 10.1. The Bertz CT molecular complexity index is 165. The van der Waals surface area contributed by atoms with Crippen molar-refractivity contribution in [3.8, 4) is 0 Å². The molecule has 0 heterocycles. The van der Waals surface area contributed by atoms with Crippen LogP contribution in [0.5, 0.6) is 0 Å². The van der Waals surface area contributed by atoms with Crippen molar-refractivity contribution >= 4 is 11.8 Å². The van der Waals surface area contributed by atoms with E-state index in [1.54, 1.807) is 0 Å². The predicted octanol–water partition coefficient (Wildman–Crippen LogP) is 0.0135. The van der Waals surface area contributed by atoms with E-state index in [1.807, 2.05) is 13.8 Å². The fourth-order valence-corrected chi connectivity index (χ4v) is 0.774. The summed E-state index contributed by atoms with van der Waals surface area (Å²) in [5, 5.41) is 8.24. The van der Waals surface area contributed by atoms with Crippen LogP contribution >= 0.6 is 0 Å². The highest BCUT2D eigenvalue weighted by molar-refractivity contribution is 6.34. The molecular weight excluding hydrogens is 146 g/mol. The quantitative estimate of drug-likeness (QED) is 0.566. The average Bonchev–Trinajstić information content (AvgIpc) is 1.84. The van der Waals surface area contributed by atoms with E-state index in [4.69, 9.17) is 10.8 Å². The van der Waals surface area contributed by atoms with Gasteiger partial charge in [-0.15, -0.1) is 0 Å². The van der Waals surface area contributed by atoms with Crippen LogP contribution in [0.2, 0.25) is 0 Å². The summed E-state index contributed by atoms with van der Waals surface area (Å²) in [7, 11) is 0. The zero-order valence-corrected chi connectivity index (χ0v) is 6.70. The number of aliphatic carboxylic acids is 1. The van der Waals surface area contributed by atoms with Gasteiger partial charge in [0.25, 0.3) is 5.78 Å². The number of hydrogen-bond donors (Lipinski definition) is 2. The maximum atomic E-state index is 10.7. The second-order valence-electron chi connectivity index (χ2n) is 2.91. The van der Waals surface area contributed by atoms with Crippen molar-refractivity contribution in [2.45, 2.75) is 26.3 Å². The number of hydrogen-bond acceptors (Lipinski definition) is 3. The minimum Gasteiger partial charge on any atom is -0.475 e. The maximum Gasteiger partial charge on any atom is 0.373 e. The van der Waals surface area contributed by atoms with Gasteiger partial charge in [0.1, 0.15) is 0 Å². The fraction of sp³-hybridized carbons (Fsp3) is 0.714. The molecule has 11 heavy (non-hydrogen) atoms. The van der Waals surface area contributed by atoms with Gasteiger partial charge in [-0.3, -0.25) is 4.79 Å². The second-order valence-corrected chi connectivity index (χ2v) is 2.91. The van der Waals surface area contributed by atoms with Crippen LogP contribution in [-0.4, -0.2) is 22.9 Å². The van der Waals surface area contributed by atoms with Crippen molar-refractivity contribution in [2.75, 3.05) is 0 Å². The van der Waals surface area contributed by atoms with E-state index >= 15 is 0 Å². The molecule has 0 aliphatic carbocycles. The highest BCUT2D eigenvalue weighted by atomic mass is 16.4. The van der Waals surface area contributed by atoms with Gasteiger partial charge in [0.05, 0.1) is 6.04 Å². The van der Waals surface area contributed by atoms with Gasteiger partial charge in [-0.1, -0.05) is 13.8 Å². The van der Waals surface area contributed by atoms with Crippen LogP contribution in [0.15, 0.2) is 0 Å². The van der Waals surface area contributed by atoms with Gasteiger partial charge in [-0.2, -0.15) is 0 Å². The molecule has 64 valence electrons. The molecule has 0 aromatic rings. The van der Waals surface area contributed by atoms with Gasteiger partial charge in [-0.05, 0) is 12.3 Å². The molecular formula is C7H13NO3. The number of carbonyl (C=O) groups is 2. The van der Waals surface area contributed by atoms with Gasteiger partial charge in [-0.25, -0.2) is 4.79 Å². The molecule has 0 saturated heterocycles. The standard InChI is InChI=1S/C7H13NO3/c1-4(2)3-5(8)6(9)7(10)11/h4-5H,3,8H2,1-2H3,(H,10,11)/t5-/m0/s1. The smallest absolute Gasteiger partial charge is 0.373 e. The molecule has 0 rings (SSSR count). The number of carboxylic acids is 1. The van der Waals surface area contributed by atoms with Crippen molar-refractivity contribution in [3.63, 3.8) is 0 Å². The van der Waals surface area contributed by atoms with Crippen molar-refractivity contribution in [2.24, 2.45) is 11.7 Å². The summed E-state index contributed by atoms with van der Waals surface area (Å²) in [6, 6.07) is -0.854. The van der Waals surface area contributed by atoms with Crippen LogP contribution < -0.4 is 5.73 Å². The summed E-state index contributed by atoms with van der Waals surface area (Å²) >= 11 is 0. The maximum absolute atomic E-state index is 10.7. The molecule has 3 N–H and O–H groups in total.